The summed E-state index contributed by atoms with van der Waals surface area (Å²) >= 11 is 0. The van der Waals surface area contributed by atoms with Gasteiger partial charge >= 0.3 is 6.01 Å². The summed E-state index contributed by atoms with van der Waals surface area (Å²) in [5.74, 6) is 1.13. The Kier molecular flexibility index (Phi) is 3.13. The van der Waals surface area contributed by atoms with E-state index < -0.39 is 5.60 Å². The number of rotatable bonds is 3. The lowest BCUT2D eigenvalue weighted by Gasteiger charge is -2.31. The van der Waals surface area contributed by atoms with E-state index in [4.69, 9.17) is 9.15 Å². The molecule has 1 fully saturated rings. The Morgan fingerprint density at radius 3 is 2.92 bits per heavy atom. The molecule has 2 aromatic rings. The number of anilines is 2. The lowest BCUT2D eigenvalue weighted by Crippen LogP contribution is -2.45. The lowest BCUT2D eigenvalue weighted by atomic mass is 10.0. The summed E-state index contributed by atoms with van der Waals surface area (Å²) in [5, 5.41) is 5.40. The molecule has 2 aliphatic rings. The highest BCUT2D eigenvalue weighted by molar-refractivity contribution is 6.05. The summed E-state index contributed by atoms with van der Waals surface area (Å²) in [5.41, 5.74) is -0.0426. The Balaban J connectivity index is 1.53. The molecule has 0 unspecified atom stereocenters. The van der Waals surface area contributed by atoms with Crippen LogP contribution in [0.5, 0.6) is 5.75 Å². The van der Waals surface area contributed by atoms with Gasteiger partial charge in [0.2, 0.25) is 0 Å². The van der Waals surface area contributed by atoms with Crippen LogP contribution in [0.25, 0.3) is 0 Å². The summed E-state index contributed by atoms with van der Waals surface area (Å²) in [6, 6.07) is 5.04. The second-order valence-corrected chi connectivity index (χ2v) is 6.57. The smallest absolute Gasteiger partial charge is 0.301 e. The summed E-state index contributed by atoms with van der Waals surface area (Å²) in [6.45, 7) is 3.34. The molecule has 4 rings (SSSR count). The average molecular weight is 327 g/mol. The van der Waals surface area contributed by atoms with Crippen LogP contribution in [0.2, 0.25) is 0 Å². The van der Waals surface area contributed by atoms with E-state index in [-0.39, 0.29) is 17.8 Å². The zero-order valence-corrected chi connectivity index (χ0v) is 13.4. The Morgan fingerprint density at radius 1 is 1.38 bits per heavy atom. The van der Waals surface area contributed by atoms with Crippen LogP contribution < -0.4 is 15.4 Å². The maximum absolute atomic E-state index is 12.4. The summed E-state index contributed by atoms with van der Waals surface area (Å²) in [7, 11) is 0. The third-order valence-corrected chi connectivity index (χ3v) is 4.13. The number of amides is 2. The molecule has 0 bridgehead atoms. The number of carbonyl (C=O) groups excluding carboxylic acids is 2. The molecule has 1 aliphatic heterocycles. The minimum atomic E-state index is -0.982. The van der Waals surface area contributed by atoms with Gasteiger partial charge in [-0.2, -0.15) is 0 Å². The van der Waals surface area contributed by atoms with Crippen molar-refractivity contribution in [2.75, 3.05) is 10.6 Å². The molecule has 0 saturated heterocycles. The highest BCUT2D eigenvalue weighted by Crippen LogP contribution is 2.40. The summed E-state index contributed by atoms with van der Waals surface area (Å²) in [6.07, 6.45) is 3.86. The van der Waals surface area contributed by atoms with Crippen LogP contribution in [-0.2, 0) is 4.79 Å². The van der Waals surface area contributed by atoms with Crippen LogP contribution in [-0.4, -0.2) is 22.4 Å². The minimum Gasteiger partial charge on any atom is -0.476 e. The molecule has 7 nitrogen and oxygen atoms in total. The number of nitrogens with zero attached hydrogens (tertiary/aromatic N) is 1. The second-order valence-electron chi connectivity index (χ2n) is 6.57. The number of benzene rings is 1. The van der Waals surface area contributed by atoms with E-state index >= 15 is 0 Å². The number of ether oxygens (including phenoxy) is 1. The first-order valence-corrected chi connectivity index (χ1v) is 7.84. The van der Waals surface area contributed by atoms with Crippen molar-refractivity contribution in [3.8, 4) is 5.75 Å². The first-order chi connectivity index (χ1) is 11.4. The zero-order chi connectivity index (χ0) is 16.9. The van der Waals surface area contributed by atoms with Crippen LogP contribution in [0.15, 0.2) is 28.8 Å². The van der Waals surface area contributed by atoms with Crippen LogP contribution >= 0.6 is 0 Å². The minimum absolute atomic E-state index is 0.189. The van der Waals surface area contributed by atoms with Crippen LogP contribution in [0.1, 0.15) is 48.7 Å². The molecule has 24 heavy (non-hydrogen) atoms. The Labute approximate surface area is 138 Å². The van der Waals surface area contributed by atoms with E-state index in [9.17, 15) is 9.59 Å². The van der Waals surface area contributed by atoms with Gasteiger partial charge in [0.15, 0.2) is 5.60 Å². The summed E-state index contributed by atoms with van der Waals surface area (Å²) < 4.78 is 11.2. The molecule has 124 valence electrons. The van der Waals surface area contributed by atoms with Crippen molar-refractivity contribution in [3.05, 3.63) is 35.7 Å². The van der Waals surface area contributed by atoms with Gasteiger partial charge < -0.3 is 14.5 Å². The van der Waals surface area contributed by atoms with E-state index in [0.29, 0.717) is 22.9 Å². The van der Waals surface area contributed by atoms with Crippen LogP contribution in [0, 0.1) is 0 Å². The van der Waals surface area contributed by atoms with Gasteiger partial charge in [0.05, 0.1) is 11.9 Å². The number of nitrogens with one attached hydrogen (secondary N) is 2. The Bertz CT molecular complexity index is 836. The number of aromatic nitrogens is 1. The third kappa shape index (κ3) is 2.62. The fourth-order valence-electron chi connectivity index (χ4n) is 2.52. The van der Waals surface area contributed by atoms with Gasteiger partial charge in [-0.1, -0.05) is 0 Å². The number of carbonyl (C=O) groups is 2. The van der Waals surface area contributed by atoms with Gasteiger partial charge in [0.1, 0.15) is 11.5 Å². The number of hydrogen-bond donors (Lipinski definition) is 2. The molecular weight excluding hydrogens is 310 g/mol. The predicted molar refractivity (Wildman–Crippen MR) is 86.2 cm³/mol. The maximum atomic E-state index is 12.4. The van der Waals surface area contributed by atoms with Crippen molar-refractivity contribution in [1.82, 2.24) is 4.98 Å². The van der Waals surface area contributed by atoms with Crippen LogP contribution in [0.3, 0.4) is 0 Å². The number of fused-ring (bicyclic) bond motifs is 1. The first-order valence-electron chi connectivity index (χ1n) is 7.84. The van der Waals surface area contributed by atoms with E-state index in [1.807, 2.05) is 0 Å². The fraction of sp³-hybridized carbons (Fsp3) is 0.353. The lowest BCUT2D eigenvalue weighted by molar-refractivity contribution is -0.129. The Morgan fingerprint density at radius 2 is 2.17 bits per heavy atom. The van der Waals surface area contributed by atoms with Crippen molar-refractivity contribution >= 4 is 23.5 Å². The molecular formula is C17H17N3O4. The quantitative estimate of drug-likeness (QED) is 0.904. The monoisotopic (exact) mass is 327 g/mol. The molecule has 1 aliphatic carbocycles. The zero-order valence-electron chi connectivity index (χ0n) is 13.4. The van der Waals surface area contributed by atoms with Crippen molar-refractivity contribution in [2.24, 2.45) is 0 Å². The maximum Gasteiger partial charge on any atom is 0.301 e. The van der Waals surface area contributed by atoms with E-state index in [1.165, 1.54) is 0 Å². The largest absolute Gasteiger partial charge is 0.476 e. The van der Waals surface area contributed by atoms with Gasteiger partial charge in [-0.25, -0.2) is 4.98 Å². The molecule has 0 atom stereocenters. The fourth-order valence-corrected chi connectivity index (χ4v) is 2.52. The van der Waals surface area contributed by atoms with Gasteiger partial charge in [-0.05, 0) is 44.9 Å². The Hall–Kier alpha value is -2.83. The van der Waals surface area contributed by atoms with Gasteiger partial charge in [-0.3, -0.25) is 14.9 Å². The average Bonchev–Trinajstić information content (AvgIpc) is 3.28. The SMILES string of the molecule is CC1(C)Oc2cc(C(=O)Nc3ncc(C4CC4)o3)ccc2NC1=O. The van der Waals surface area contributed by atoms with Crippen molar-refractivity contribution in [3.63, 3.8) is 0 Å². The number of oxazole rings is 1. The molecule has 0 radical (unpaired) electrons. The molecule has 2 N–H and O–H groups in total. The molecule has 1 aromatic heterocycles. The van der Waals surface area contributed by atoms with E-state index in [2.05, 4.69) is 15.6 Å². The predicted octanol–water partition coefficient (Wildman–Crippen LogP) is 2.91. The van der Waals surface area contributed by atoms with Gasteiger partial charge in [-0.15, -0.1) is 0 Å². The standard InChI is InChI=1S/C17H17N3O4/c1-17(2)15(22)19-11-6-5-10(7-12(11)24-17)14(21)20-16-18-8-13(23-16)9-3-4-9/h5-9H,3-4H2,1-2H3,(H,19,22)(H,18,20,21). The van der Waals surface area contributed by atoms with Crippen molar-refractivity contribution < 1.29 is 18.7 Å². The van der Waals surface area contributed by atoms with Gasteiger partial charge in [0.25, 0.3) is 11.8 Å². The normalized spacial score (nSPS) is 18.3. The first kappa shape index (κ1) is 14.7. The number of hydrogen-bond acceptors (Lipinski definition) is 5. The molecule has 2 amide bonds. The van der Waals surface area contributed by atoms with Gasteiger partial charge in [0, 0.05) is 11.5 Å². The van der Waals surface area contributed by atoms with Crippen LogP contribution in [0.4, 0.5) is 11.7 Å². The van der Waals surface area contributed by atoms with Crippen molar-refractivity contribution in [2.45, 2.75) is 38.2 Å². The topological polar surface area (TPSA) is 93.5 Å². The molecule has 2 heterocycles. The molecule has 7 heteroatoms. The molecule has 1 aromatic carbocycles. The van der Waals surface area contributed by atoms with Crippen molar-refractivity contribution in [1.29, 1.82) is 0 Å². The second kappa shape index (κ2) is 5.09. The molecule has 1 saturated carbocycles. The highest BCUT2D eigenvalue weighted by atomic mass is 16.5. The molecule has 0 spiro atoms. The third-order valence-electron chi connectivity index (χ3n) is 4.13. The summed E-state index contributed by atoms with van der Waals surface area (Å²) in [4.78, 5) is 28.3. The van der Waals surface area contributed by atoms with E-state index in [1.54, 1.807) is 38.2 Å². The highest BCUT2D eigenvalue weighted by Gasteiger charge is 2.35. The van der Waals surface area contributed by atoms with E-state index in [0.717, 1.165) is 18.6 Å².